The van der Waals surface area contributed by atoms with Crippen LogP contribution in [0.2, 0.25) is 5.02 Å². The van der Waals surface area contributed by atoms with Crippen molar-refractivity contribution in [1.29, 1.82) is 0 Å². The minimum Gasteiger partial charge on any atom is -0.490 e. The van der Waals surface area contributed by atoms with E-state index in [-0.39, 0.29) is 31.0 Å². The normalized spacial score (nSPS) is 14.2. The fraction of sp³-hybridized carbons (Fsp3) is 0.257. The van der Waals surface area contributed by atoms with Gasteiger partial charge in [-0.05, 0) is 78.7 Å². The van der Waals surface area contributed by atoms with Crippen LogP contribution in [0.1, 0.15) is 43.5 Å². The predicted molar refractivity (Wildman–Crippen MR) is 193 cm³/mol. The number of carbonyl (C=O) groups excluding carboxylic acids is 2. The Morgan fingerprint density at radius 1 is 1.02 bits per heavy atom. The van der Waals surface area contributed by atoms with Crippen LogP contribution in [0.5, 0.6) is 17.2 Å². The van der Waals surface area contributed by atoms with Crippen molar-refractivity contribution >= 4 is 72.8 Å². The molecule has 0 unspecified atom stereocenters. The molecule has 0 N–H and O–H groups in total. The lowest BCUT2D eigenvalue weighted by Crippen LogP contribution is -2.40. The zero-order valence-electron chi connectivity index (χ0n) is 26.9. The van der Waals surface area contributed by atoms with E-state index in [0.717, 1.165) is 10.0 Å². The van der Waals surface area contributed by atoms with Gasteiger partial charge in [-0.2, -0.15) is 0 Å². The lowest BCUT2D eigenvalue weighted by atomic mass is 9.95. The predicted octanol–water partition coefficient (Wildman–Crippen LogP) is 6.51. The Labute approximate surface area is 307 Å². The van der Waals surface area contributed by atoms with E-state index in [1.807, 2.05) is 30.3 Å². The largest absolute Gasteiger partial charge is 0.490 e. The summed E-state index contributed by atoms with van der Waals surface area (Å²) < 4.78 is 31.1. The number of benzene rings is 3. The molecular formula is C35H31Br2ClN2O8S. The van der Waals surface area contributed by atoms with Crippen molar-refractivity contribution in [2.75, 3.05) is 26.9 Å². The fourth-order valence-electron chi connectivity index (χ4n) is 5.13. The second-order valence-electron chi connectivity index (χ2n) is 10.5. The van der Waals surface area contributed by atoms with Gasteiger partial charge in [-0.3, -0.25) is 9.36 Å². The van der Waals surface area contributed by atoms with Gasteiger partial charge in [0.1, 0.15) is 12.4 Å². The van der Waals surface area contributed by atoms with Crippen LogP contribution in [-0.2, 0) is 25.7 Å². The third kappa shape index (κ3) is 8.12. The van der Waals surface area contributed by atoms with Gasteiger partial charge in [-0.25, -0.2) is 14.6 Å². The van der Waals surface area contributed by atoms with Crippen molar-refractivity contribution in [3.05, 3.63) is 116 Å². The van der Waals surface area contributed by atoms with E-state index in [9.17, 15) is 14.4 Å². The summed E-state index contributed by atoms with van der Waals surface area (Å²) in [4.78, 5) is 44.6. The standard InChI is InChI=1S/C35H31Br2ClN2O8S/c1-5-45-27-14-20(11-12-26(27)47-18-29(41)44-4)31-30(34(43)46-6-2)19(3)39-35-40(31)33(42)28(49-35)15-22-13-23(36)16-24(37)32(22)48-17-21-9-7-8-10-25(21)38/h7-16,31H,5-6,17-18H2,1-4H3/b28-15+/t31-/m1/s1. The fourth-order valence-corrected chi connectivity index (χ4v) is 7.73. The molecule has 0 saturated heterocycles. The molecule has 1 atom stereocenters. The van der Waals surface area contributed by atoms with Crippen LogP contribution >= 0.6 is 54.8 Å². The van der Waals surface area contributed by atoms with Crippen molar-refractivity contribution in [2.45, 2.75) is 33.4 Å². The molecule has 14 heteroatoms. The summed E-state index contributed by atoms with van der Waals surface area (Å²) >= 11 is 14.7. The Bertz CT molecular complexity index is 2130. The third-order valence-electron chi connectivity index (χ3n) is 7.33. The van der Waals surface area contributed by atoms with Crippen molar-refractivity contribution in [2.24, 2.45) is 4.99 Å². The highest BCUT2D eigenvalue weighted by Gasteiger charge is 2.34. The number of thiazole rings is 1. The summed E-state index contributed by atoms with van der Waals surface area (Å²) in [5.74, 6) is -0.0257. The van der Waals surface area contributed by atoms with E-state index in [0.29, 0.717) is 59.5 Å². The molecule has 3 aromatic carbocycles. The first-order valence-corrected chi connectivity index (χ1v) is 17.9. The molecule has 1 aromatic heterocycles. The molecule has 49 heavy (non-hydrogen) atoms. The quantitative estimate of drug-likeness (QED) is 0.149. The van der Waals surface area contributed by atoms with Crippen LogP contribution < -0.4 is 29.1 Å². The average molecular weight is 835 g/mol. The number of ether oxygens (including phenoxy) is 5. The average Bonchev–Trinajstić information content (AvgIpc) is 3.37. The summed E-state index contributed by atoms with van der Waals surface area (Å²) in [7, 11) is 1.27. The number of halogens is 3. The smallest absolute Gasteiger partial charge is 0.343 e. The van der Waals surface area contributed by atoms with Crippen LogP contribution in [0.3, 0.4) is 0 Å². The number of allylic oxidation sites excluding steroid dienone is 1. The number of methoxy groups -OCH3 is 1. The summed E-state index contributed by atoms with van der Waals surface area (Å²) in [6.07, 6.45) is 1.73. The Balaban J connectivity index is 1.65. The number of fused-ring (bicyclic) bond motifs is 1. The van der Waals surface area contributed by atoms with Crippen LogP contribution in [0.25, 0.3) is 6.08 Å². The molecule has 1 aliphatic rings. The minimum atomic E-state index is -0.906. The maximum absolute atomic E-state index is 14.3. The van der Waals surface area contributed by atoms with E-state index in [1.165, 1.54) is 23.0 Å². The number of aromatic nitrogens is 1. The third-order valence-corrected chi connectivity index (χ3v) is 9.73. The van der Waals surface area contributed by atoms with Crippen molar-refractivity contribution < 1.29 is 33.3 Å². The lowest BCUT2D eigenvalue weighted by Gasteiger charge is -2.25. The topological polar surface area (TPSA) is 115 Å². The molecule has 2 heterocycles. The van der Waals surface area contributed by atoms with E-state index < -0.39 is 18.0 Å². The molecule has 0 aliphatic carbocycles. The van der Waals surface area contributed by atoms with Gasteiger partial charge in [0.05, 0.1) is 46.6 Å². The number of hydrogen-bond donors (Lipinski definition) is 0. The number of rotatable bonds is 12. The van der Waals surface area contributed by atoms with E-state index in [1.54, 1.807) is 51.1 Å². The second-order valence-corrected chi connectivity index (χ2v) is 13.7. The van der Waals surface area contributed by atoms with Crippen molar-refractivity contribution in [3.63, 3.8) is 0 Å². The molecule has 5 rings (SSSR count). The van der Waals surface area contributed by atoms with Gasteiger partial charge >= 0.3 is 11.9 Å². The maximum Gasteiger partial charge on any atom is 0.343 e. The molecule has 0 saturated carbocycles. The van der Waals surface area contributed by atoms with Gasteiger partial charge in [0.15, 0.2) is 22.9 Å². The molecule has 0 amide bonds. The van der Waals surface area contributed by atoms with Gasteiger partial charge in [-0.1, -0.05) is 63.1 Å². The van der Waals surface area contributed by atoms with E-state index in [4.69, 9.17) is 35.3 Å². The summed E-state index contributed by atoms with van der Waals surface area (Å²) in [5.41, 5.74) is 2.23. The zero-order chi connectivity index (χ0) is 35.2. The van der Waals surface area contributed by atoms with Gasteiger partial charge < -0.3 is 23.7 Å². The zero-order valence-corrected chi connectivity index (χ0v) is 31.6. The Kier molecular flexibility index (Phi) is 12.0. The SMILES string of the molecule is CCOC(=O)C1=C(C)N=c2s/c(=C/c3cc(Br)cc(Br)c3OCc3ccccc3Cl)c(=O)n2[C@@H]1c1ccc(OCC(=O)OC)c(OCC)c1. The van der Waals surface area contributed by atoms with Gasteiger partial charge in [0.25, 0.3) is 5.56 Å². The molecule has 1 aliphatic heterocycles. The lowest BCUT2D eigenvalue weighted by molar-refractivity contribution is -0.143. The monoisotopic (exact) mass is 832 g/mol. The molecule has 0 radical (unpaired) electrons. The van der Waals surface area contributed by atoms with Crippen LogP contribution in [0.15, 0.2) is 84.6 Å². The van der Waals surface area contributed by atoms with Crippen LogP contribution in [0, 0.1) is 0 Å². The molecule has 4 aromatic rings. The summed E-state index contributed by atoms with van der Waals surface area (Å²) in [6.45, 7) is 5.52. The second kappa shape index (κ2) is 16.2. The van der Waals surface area contributed by atoms with E-state index >= 15 is 0 Å². The first kappa shape index (κ1) is 36.4. The van der Waals surface area contributed by atoms with Crippen LogP contribution in [-0.4, -0.2) is 43.4 Å². The summed E-state index contributed by atoms with van der Waals surface area (Å²) in [6, 6.07) is 15.2. The van der Waals surface area contributed by atoms with Gasteiger partial charge in [-0.15, -0.1) is 0 Å². The molecule has 0 bridgehead atoms. The molecular weight excluding hydrogens is 804 g/mol. The van der Waals surface area contributed by atoms with Crippen LogP contribution in [0.4, 0.5) is 0 Å². The minimum absolute atomic E-state index is 0.131. The summed E-state index contributed by atoms with van der Waals surface area (Å²) in [5, 5.41) is 0.578. The Hall–Kier alpha value is -3.91. The Morgan fingerprint density at radius 3 is 2.51 bits per heavy atom. The molecule has 10 nitrogen and oxygen atoms in total. The Morgan fingerprint density at radius 2 is 1.80 bits per heavy atom. The molecule has 0 fully saturated rings. The number of hydrogen-bond acceptors (Lipinski definition) is 10. The first-order chi connectivity index (χ1) is 23.6. The molecule has 256 valence electrons. The number of carbonyl (C=O) groups is 2. The van der Waals surface area contributed by atoms with E-state index in [2.05, 4.69) is 36.9 Å². The number of nitrogens with zero attached hydrogens (tertiary/aromatic N) is 2. The highest BCUT2D eigenvalue weighted by atomic mass is 79.9. The van der Waals surface area contributed by atoms with Crippen molar-refractivity contribution in [3.8, 4) is 17.2 Å². The highest BCUT2D eigenvalue weighted by molar-refractivity contribution is 9.11. The van der Waals surface area contributed by atoms with Gasteiger partial charge in [0.2, 0.25) is 0 Å². The van der Waals surface area contributed by atoms with Crippen molar-refractivity contribution in [1.82, 2.24) is 4.57 Å². The first-order valence-electron chi connectivity index (χ1n) is 15.1. The molecule has 0 spiro atoms. The van der Waals surface area contributed by atoms with Gasteiger partial charge in [0, 0.05) is 20.6 Å². The number of esters is 2. The highest BCUT2D eigenvalue weighted by Crippen LogP contribution is 2.37. The maximum atomic E-state index is 14.3.